The Morgan fingerprint density at radius 2 is 1.63 bits per heavy atom. The molecule has 0 saturated heterocycles. The van der Waals surface area contributed by atoms with Crippen LogP contribution in [0.3, 0.4) is 0 Å². The monoisotopic (exact) mass is 498 g/mol. The van der Waals surface area contributed by atoms with Gasteiger partial charge in [-0.05, 0) is 43.2 Å². The van der Waals surface area contributed by atoms with E-state index < -0.39 is 34.5 Å². The van der Waals surface area contributed by atoms with Gasteiger partial charge in [0.1, 0.15) is 0 Å². The van der Waals surface area contributed by atoms with Crippen LogP contribution in [0, 0.1) is 13.8 Å². The summed E-state index contributed by atoms with van der Waals surface area (Å²) < 4.78 is 29.8. The van der Waals surface area contributed by atoms with Crippen LogP contribution in [-0.2, 0) is 32.6 Å². The van der Waals surface area contributed by atoms with Gasteiger partial charge in [-0.15, -0.1) is 0 Å². The minimum absolute atomic E-state index is 0.0125. The van der Waals surface area contributed by atoms with Crippen LogP contribution in [0.15, 0.2) is 65.6 Å². The van der Waals surface area contributed by atoms with Crippen molar-refractivity contribution in [1.29, 1.82) is 0 Å². The van der Waals surface area contributed by atoms with Gasteiger partial charge in [-0.1, -0.05) is 42.5 Å². The van der Waals surface area contributed by atoms with Gasteiger partial charge in [0.15, 0.2) is 6.61 Å². The molecule has 0 saturated carbocycles. The van der Waals surface area contributed by atoms with E-state index >= 15 is 0 Å². The molecule has 0 aliphatic heterocycles. The van der Waals surface area contributed by atoms with Crippen LogP contribution in [0.4, 0.5) is 4.79 Å². The average Bonchev–Trinajstić information content (AvgIpc) is 3.10. The van der Waals surface area contributed by atoms with Crippen molar-refractivity contribution in [2.24, 2.45) is 5.14 Å². The van der Waals surface area contributed by atoms with Crippen molar-refractivity contribution in [3.63, 3.8) is 0 Å². The molecule has 0 bridgehead atoms. The van der Waals surface area contributed by atoms with Crippen molar-refractivity contribution >= 4 is 27.9 Å². The molecule has 0 aliphatic rings. The summed E-state index contributed by atoms with van der Waals surface area (Å²) in [5.41, 5.74) is 3.35. The number of hydrogen-bond acceptors (Lipinski definition) is 6. The zero-order chi connectivity index (χ0) is 25.6. The van der Waals surface area contributed by atoms with Crippen LogP contribution in [-0.4, -0.2) is 37.5 Å². The first-order chi connectivity index (χ1) is 16.5. The number of nitrogens with zero attached hydrogens (tertiary/aromatic N) is 1. The van der Waals surface area contributed by atoms with E-state index in [4.69, 9.17) is 9.88 Å². The number of esters is 1. The highest BCUT2D eigenvalue weighted by Crippen LogP contribution is 2.19. The Labute approximate surface area is 203 Å². The van der Waals surface area contributed by atoms with E-state index in [0.29, 0.717) is 12.2 Å². The number of nitrogens with one attached hydrogen (secondary N) is 2. The SMILES string of the molecule is Cc1cc(C(=O)OCC(=O)NC(=O)NCc2ccccc2)c(C)n1Cc1ccc(S(N)(=O)=O)cc1. The second kappa shape index (κ2) is 11.0. The molecule has 0 aliphatic carbocycles. The lowest BCUT2D eigenvalue weighted by Gasteiger charge is -2.11. The number of aryl methyl sites for hydroxylation is 1. The minimum Gasteiger partial charge on any atom is -0.452 e. The van der Waals surface area contributed by atoms with Gasteiger partial charge < -0.3 is 14.6 Å². The molecule has 0 atom stereocenters. The fourth-order valence-electron chi connectivity index (χ4n) is 3.41. The molecule has 2 aromatic carbocycles. The Balaban J connectivity index is 1.54. The van der Waals surface area contributed by atoms with Gasteiger partial charge in [0.05, 0.1) is 10.5 Å². The Morgan fingerprint density at radius 3 is 2.26 bits per heavy atom. The first-order valence-corrected chi connectivity index (χ1v) is 12.2. The summed E-state index contributed by atoms with van der Waals surface area (Å²) in [5.74, 6) is -1.46. The first kappa shape index (κ1) is 25.7. The molecule has 0 radical (unpaired) electrons. The number of primary sulfonamides is 1. The smallest absolute Gasteiger partial charge is 0.340 e. The Bertz CT molecular complexity index is 1330. The standard InChI is InChI=1S/C24H26N4O6S/c1-16-12-21(17(2)28(16)14-19-8-10-20(11-9-19)35(25,32)33)23(30)34-15-22(29)27-24(31)26-13-18-6-4-3-5-7-18/h3-12H,13-15H2,1-2H3,(H2,25,32,33)(H2,26,27,29,31). The van der Waals surface area contributed by atoms with Gasteiger partial charge in [0.25, 0.3) is 5.91 Å². The van der Waals surface area contributed by atoms with Gasteiger partial charge in [-0.25, -0.2) is 23.1 Å². The van der Waals surface area contributed by atoms with E-state index in [1.54, 1.807) is 25.1 Å². The number of rotatable bonds is 8. The third kappa shape index (κ3) is 7.01. The fourth-order valence-corrected chi connectivity index (χ4v) is 3.93. The quantitative estimate of drug-likeness (QED) is 0.404. The second-order valence-corrected chi connectivity index (χ2v) is 9.41. The normalized spacial score (nSPS) is 11.1. The Hall–Kier alpha value is -3.96. The highest BCUT2D eigenvalue weighted by Gasteiger charge is 2.19. The van der Waals surface area contributed by atoms with Crippen LogP contribution >= 0.6 is 0 Å². The number of carbonyl (C=O) groups excluding carboxylic acids is 3. The van der Waals surface area contributed by atoms with Crippen molar-refractivity contribution < 1.29 is 27.5 Å². The fraction of sp³-hybridized carbons (Fsp3) is 0.208. The number of amides is 3. The number of benzene rings is 2. The van der Waals surface area contributed by atoms with Gasteiger partial charge in [0, 0.05) is 24.5 Å². The molecule has 4 N–H and O–H groups in total. The predicted molar refractivity (Wildman–Crippen MR) is 128 cm³/mol. The highest BCUT2D eigenvalue weighted by atomic mass is 32.2. The van der Waals surface area contributed by atoms with Crippen LogP contribution in [0.25, 0.3) is 0 Å². The van der Waals surface area contributed by atoms with Gasteiger partial charge in [0.2, 0.25) is 10.0 Å². The van der Waals surface area contributed by atoms with E-state index in [9.17, 15) is 22.8 Å². The number of hydrogen-bond donors (Lipinski definition) is 3. The van der Waals surface area contributed by atoms with E-state index in [0.717, 1.165) is 16.8 Å². The molecule has 0 spiro atoms. The van der Waals surface area contributed by atoms with E-state index in [1.165, 1.54) is 12.1 Å². The summed E-state index contributed by atoms with van der Waals surface area (Å²) >= 11 is 0. The Kier molecular flexibility index (Phi) is 8.05. The zero-order valence-corrected chi connectivity index (χ0v) is 20.1. The summed E-state index contributed by atoms with van der Waals surface area (Å²) in [6.07, 6.45) is 0. The third-order valence-corrected chi connectivity index (χ3v) is 6.20. The van der Waals surface area contributed by atoms with E-state index in [2.05, 4.69) is 10.6 Å². The van der Waals surface area contributed by atoms with Crippen molar-refractivity contribution in [3.8, 4) is 0 Å². The summed E-state index contributed by atoms with van der Waals surface area (Å²) in [5, 5.41) is 9.79. The lowest BCUT2D eigenvalue weighted by atomic mass is 10.2. The van der Waals surface area contributed by atoms with Gasteiger partial charge in [-0.3, -0.25) is 10.1 Å². The summed E-state index contributed by atoms with van der Waals surface area (Å²) in [4.78, 5) is 36.4. The van der Waals surface area contributed by atoms with Crippen molar-refractivity contribution in [1.82, 2.24) is 15.2 Å². The molecule has 1 aromatic heterocycles. The molecule has 11 heteroatoms. The highest BCUT2D eigenvalue weighted by molar-refractivity contribution is 7.89. The van der Waals surface area contributed by atoms with Crippen LogP contribution in [0.5, 0.6) is 0 Å². The van der Waals surface area contributed by atoms with E-state index in [1.807, 2.05) is 41.8 Å². The molecule has 184 valence electrons. The predicted octanol–water partition coefficient (Wildman–Crippen LogP) is 1.98. The maximum atomic E-state index is 12.5. The summed E-state index contributed by atoms with van der Waals surface area (Å²) in [6, 6.07) is 16.3. The molecule has 3 aromatic rings. The molecule has 35 heavy (non-hydrogen) atoms. The van der Waals surface area contributed by atoms with Crippen LogP contribution in [0.2, 0.25) is 0 Å². The second-order valence-electron chi connectivity index (χ2n) is 7.85. The number of aromatic nitrogens is 1. The van der Waals surface area contributed by atoms with Crippen LogP contribution in [0.1, 0.15) is 32.9 Å². The Morgan fingerprint density at radius 1 is 0.971 bits per heavy atom. The number of nitrogens with two attached hydrogens (primary N) is 1. The maximum absolute atomic E-state index is 12.5. The van der Waals surface area contributed by atoms with Crippen molar-refractivity contribution in [2.45, 2.75) is 31.8 Å². The molecular formula is C24H26N4O6S. The van der Waals surface area contributed by atoms with Gasteiger partial charge >= 0.3 is 12.0 Å². The van der Waals surface area contributed by atoms with Crippen LogP contribution < -0.4 is 15.8 Å². The largest absolute Gasteiger partial charge is 0.452 e. The number of sulfonamides is 1. The zero-order valence-electron chi connectivity index (χ0n) is 19.3. The minimum atomic E-state index is -3.78. The lowest BCUT2D eigenvalue weighted by molar-refractivity contribution is -0.123. The molecular weight excluding hydrogens is 472 g/mol. The summed E-state index contributed by atoms with van der Waals surface area (Å²) in [7, 11) is -3.78. The maximum Gasteiger partial charge on any atom is 0.340 e. The number of urea groups is 1. The number of imide groups is 1. The molecule has 0 fully saturated rings. The number of carbonyl (C=O) groups is 3. The van der Waals surface area contributed by atoms with Crippen molar-refractivity contribution in [2.75, 3.05) is 6.61 Å². The topological polar surface area (TPSA) is 150 Å². The molecule has 3 rings (SSSR count). The average molecular weight is 499 g/mol. The van der Waals surface area contributed by atoms with Crippen molar-refractivity contribution in [3.05, 3.63) is 88.7 Å². The molecule has 0 unspecified atom stereocenters. The first-order valence-electron chi connectivity index (χ1n) is 10.6. The number of ether oxygens (including phenoxy) is 1. The summed E-state index contributed by atoms with van der Waals surface area (Å²) in [6.45, 7) is 3.57. The molecule has 10 nitrogen and oxygen atoms in total. The van der Waals surface area contributed by atoms with E-state index in [-0.39, 0.29) is 17.0 Å². The third-order valence-electron chi connectivity index (χ3n) is 5.27. The molecule has 1 heterocycles. The molecule has 3 amide bonds. The van der Waals surface area contributed by atoms with Gasteiger partial charge in [-0.2, -0.15) is 0 Å². The lowest BCUT2D eigenvalue weighted by Crippen LogP contribution is -2.41.